The second kappa shape index (κ2) is 7.47. The van der Waals surface area contributed by atoms with E-state index in [2.05, 4.69) is 26.2 Å². The Hall–Kier alpha value is -2.37. The molecule has 3 atom stereocenters. The lowest BCUT2D eigenvalue weighted by molar-refractivity contribution is -0.155. The van der Waals surface area contributed by atoms with E-state index in [4.69, 9.17) is 9.47 Å². The van der Waals surface area contributed by atoms with E-state index in [0.29, 0.717) is 5.75 Å². The van der Waals surface area contributed by atoms with Crippen LogP contribution < -0.4 is 4.74 Å². The highest BCUT2D eigenvalue weighted by Crippen LogP contribution is 2.56. The van der Waals surface area contributed by atoms with Gasteiger partial charge in [-0.1, -0.05) is 33.3 Å². The molecule has 2 aliphatic rings. The minimum absolute atomic E-state index is 0.0687. The van der Waals surface area contributed by atoms with Crippen LogP contribution >= 0.6 is 27.7 Å². The topological polar surface area (TPSA) is 107 Å². The van der Waals surface area contributed by atoms with E-state index in [9.17, 15) is 14.7 Å². The third kappa shape index (κ3) is 3.22. The summed E-state index contributed by atoms with van der Waals surface area (Å²) in [7, 11) is 3.24. The summed E-state index contributed by atoms with van der Waals surface area (Å²) in [6, 6.07) is 7.14. The number of aryl methyl sites for hydroxylation is 1. The molecule has 4 rings (SSSR count). The Bertz CT molecular complexity index is 994. The number of rotatable bonds is 6. The van der Waals surface area contributed by atoms with Crippen molar-refractivity contribution in [3.8, 4) is 5.75 Å². The molecule has 1 saturated heterocycles. The molecule has 0 saturated carbocycles. The Labute approximate surface area is 178 Å². The Kier molecular flexibility index (Phi) is 5.13. The first-order valence-electron chi connectivity index (χ1n) is 8.58. The van der Waals surface area contributed by atoms with Gasteiger partial charge in [0, 0.05) is 12.5 Å². The number of methoxy groups -OCH3 is 1. The van der Waals surface area contributed by atoms with Crippen LogP contribution in [0.4, 0.5) is 0 Å². The number of amides is 1. The summed E-state index contributed by atoms with van der Waals surface area (Å²) in [6.07, 6.45) is 0.335. The number of hydrogen-bond donors (Lipinski definition) is 1. The number of ether oxygens (including phenoxy) is 2. The maximum absolute atomic E-state index is 12.8. The summed E-state index contributed by atoms with van der Waals surface area (Å²) >= 11 is 4.64. The quantitative estimate of drug-likeness (QED) is 0.376. The molecule has 1 N–H and O–H groups in total. The first-order chi connectivity index (χ1) is 13.9. The predicted molar refractivity (Wildman–Crippen MR) is 107 cm³/mol. The molecule has 11 heteroatoms. The standard InChI is InChI=1S/C18H17BrN4O5S/c1-22-7-12(20-21-22)14(24)18(19)16(26)23-13(9-29-17(18)23)15(25)28-8-10-3-5-11(27-2)6-4-10/h3-7,9,14,17,24H,8H2,1-2H3/t14?,17-,18?/m1/s1. The van der Waals surface area contributed by atoms with Gasteiger partial charge in [0.25, 0.3) is 5.91 Å². The highest BCUT2D eigenvalue weighted by atomic mass is 79.9. The lowest BCUT2D eigenvalue weighted by Gasteiger charge is -2.50. The Morgan fingerprint density at radius 3 is 2.76 bits per heavy atom. The van der Waals surface area contributed by atoms with Gasteiger partial charge < -0.3 is 14.6 Å². The number of carbonyl (C=O) groups excluding carboxylic acids is 2. The van der Waals surface area contributed by atoms with Crippen LogP contribution in [0, 0.1) is 0 Å². The number of aliphatic hydroxyl groups excluding tert-OH is 1. The van der Waals surface area contributed by atoms with Gasteiger partial charge >= 0.3 is 5.97 Å². The number of thioether (sulfide) groups is 1. The number of benzene rings is 1. The maximum Gasteiger partial charge on any atom is 0.355 e. The SMILES string of the molecule is COc1ccc(COC(=O)C2=CS[C@H]3N2C(=O)C3(Br)C(O)c2cn(C)nn2)cc1. The number of carbonyl (C=O) groups is 2. The molecule has 1 aromatic carbocycles. The van der Waals surface area contributed by atoms with Gasteiger partial charge in [0.15, 0.2) is 4.32 Å². The zero-order chi connectivity index (χ0) is 20.8. The van der Waals surface area contributed by atoms with E-state index in [1.54, 1.807) is 50.0 Å². The van der Waals surface area contributed by atoms with Crippen molar-refractivity contribution >= 4 is 39.6 Å². The molecule has 152 valence electrons. The third-order valence-electron chi connectivity index (χ3n) is 4.75. The molecule has 0 aliphatic carbocycles. The number of hydrogen-bond acceptors (Lipinski definition) is 8. The van der Waals surface area contributed by atoms with Crippen LogP contribution in [0.2, 0.25) is 0 Å². The Morgan fingerprint density at radius 1 is 1.41 bits per heavy atom. The maximum atomic E-state index is 12.8. The fourth-order valence-corrected chi connectivity index (χ4v) is 5.33. The normalized spacial score (nSPS) is 23.9. The Morgan fingerprint density at radius 2 is 2.14 bits per heavy atom. The lowest BCUT2D eigenvalue weighted by Crippen LogP contribution is -2.70. The van der Waals surface area contributed by atoms with Gasteiger partial charge in [-0.15, -0.1) is 16.9 Å². The van der Waals surface area contributed by atoms with Crippen molar-refractivity contribution in [1.29, 1.82) is 0 Å². The first kappa shape index (κ1) is 19.9. The fraction of sp³-hybridized carbons (Fsp3) is 0.333. The van der Waals surface area contributed by atoms with Gasteiger partial charge in [-0.25, -0.2) is 4.79 Å². The summed E-state index contributed by atoms with van der Waals surface area (Å²) in [5, 5.41) is 19.4. The average molecular weight is 481 g/mol. The van der Waals surface area contributed by atoms with E-state index in [1.807, 2.05) is 0 Å². The van der Waals surface area contributed by atoms with Gasteiger partial charge in [-0.3, -0.25) is 14.4 Å². The lowest BCUT2D eigenvalue weighted by atomic mass is 9.89. The minimum atomic E-state index is -1.29. The summed E-state index contributed by atoms with van der Waals surface area (Å²) in [6.45, 7) is 0.0687. The monoisotopic (exact) mass is 480 g/mol. The van der Waals surface area contributed by atoms with E-state index in [0.717, 1.165) is 5.56 Å². The van der Waals surface area contributed by atoms with Gasteiger partial charge in [-0.2, -0.15) is 0 Å². The number of aliphatic hydroxyl groups is 1. The summed E-state index contributed by atoms with van der Waals surface area (Å²) in [4.78, 5) is 26.7. The molecule has 2 aliphatic heterocycles. The van der Waals surface area contributed by atoms with Crippen LogP contribution in [0.3, 0.4) is 0 Å². The van der Waals surface area contributed by atoms with Crippen molar-refractivity contribution in [3.63, 3.8) is 0 Å². The highest BCUT2D eigenvalue weighted by Gasteiger charge is 2.68. The van der Waals surface area contributed by atoms with Gasteiger partial charge in [0.05, 0.1) is 13.3 Å². The van der Waals surface area contributed by atoms with E-state index < -0.39 is 27.7 Å². The van der Waals surface area contributed by atoms with Crippen molar-refractivity contribution in [1.82, 2.24) is 19.9 Å². The number of aromatic nitrogens is 3. The second-order valence-electron chi connectivity index (χ2n) is 6.58. The fourth-order valence-electron chi connectivity index (χ4n) is 3.15. The predicted octanol–water partition coefficient (Wildman–Crippen LogP) is 1.49. The third-order valence-corrected chi connectivity index (χ3v) is 7.45. The van der Waals surface area contributed by atoms with Crippen molar-refractivity contribution in [2.45, 2.75) is 22.4 Å². The molecule has 2 unspecified atom stereocenters. The van der Waals surface area contributed by atoms with Crippen molar-refractivity contribution < 1.29 is 24.2 Å². The summed E-state index contributed by atoms with van der Waals surface area (Å²) in [5.41, 5.74) is 1.22. The highest BCUT2D eigenvalue weighted by molar-refractivity contribution is 9.10. The molecule has 0 spiro atoms. The van der Waals surface area contributed by atoms with Gasteiger partial charge in [0.1, 0.15) is 35.2 Å². The summed E-state index contributed by atoms with van der Waals surface area (Å²) in [5.74, 6) is -0.328. The molecule has 3 heterocycles. The molecule has 1 amide bonds. The van der Waals surface area contributed by atoms with Crippen LogP contribution in [0.1, 0.15) is 17.4 Å². The van der Waals surface area contributed by atoms with Crippen molar-refractivity contribution in [2.24, 2.45) is 7.05 Å². The number of halogens is 1. The number of fused-ring (bicyclic) bond motifs is 1. The summed E-state index contributed by atoms with van der Waals surface area (Å²) < 4.78 is 10.6. The molecule has 0 radical (unpaired) electrons. The van der Waals surface area contributed by atoms with Crippen LogP contribution in [0.15, 0.2) is 41.6 Å². The first-order valence-corrected chi connectivity index (χ1v) is 10.3. The van der Waals surface area contributed by atoms with Crippen molar-refractivity contribution in [3.05, 3.63) is 52.8 Å². The zero-order valence-corrected chi connectivity index (χ0v) is 17.9. The molecule has 1 aromatic heterocycles. The van der Waals surface area contributed by atoms with E-state index in [-0.39, 0.29) is 18.0 Å². The number of nitrogens with zero attached hydrogens (tertiary/aromatic N) is 4. The van der Waals surface area contributed by atoms with Crippen LogP contribution in [0.5, 0.6) is 5.75 Å². The van der Waals surface area contributed by atoms with E-state index >= 15 is 0 Å². The number of β-lactam (4-membered cyclic amide) rings is 1. The number of esters is 1. The molecule has 9 nitrogen and oxygen atoms in total. The smallest absolute Gasteiger partial charge is 0.355 e. The average Bonchev–Trinajstić information content (AvgIpc) is 3.36. The van der Waals surface area contributed by atoms with Crippen LogP contribution in [-0.2, 0) is 28.0 Å². The minimum Gasteiger partial charge on any atom is -0.497 e. The Balaban J connectivity index is 1.41. The van der Waals surface area contributed by atoms with Crippen LogP contribution in [0.25, 0.3) is 0 Å². The molecule has 29 heavy (non-hydrogen) atoms. The molecular formula is C18H17BrN4O5S. The second-order valence-corrected chi connectivity index (χ2v) is 8.85. The van der Waals surface area contributed by atoms with Crippen LogP contribution in [-0.4, -0.2) is 53.7 Å². The number of alkyl halides is 1. The molecule has 0 bridgehead atoms. The van der Waals surface area contributed by atoms with Crippen molar-refractivity contribution in [2.75, 3.05) is 7.11 Å². The molecular weight excluding hydrogens is 464 g/mol. The van der Waals surface area contributed by atoms with Gasteiger partial charge in [-0.05, 0) is 17.7 Å². The largest absolute Gasteiger partial charge is 0.497 e. The van der Waals surface area contributed by atoms with E-state index in [1.165, 1.54) is 21.3 Å². The zero-order valence-electron chi connectivity index (χ0n) is 15.5. The molecule has 1 fully saturated rings. The molecule has 2 aromatic rings. The van der Waals surface area contributed by atoms with Gasteiger partial charge in [0.2, 0.25) is 0 Å².